The monoisotopic (exact) mass is 421 g/mol. The number of imidazole rings is 1. The molecule has 0 radical (unpaired) electrons. The number of nitrogens with zero attached hydrogens (tertiary/aromatic N) is 3. The van der Waals surface area contributed by atoms with Crippen LogP contribution in [0.15, 0.2) is 48.5 Å². The SMILES string of the molecule is CCCCCN1C(=O)C(C(=O)OCC)C(c2ccc(O)cc2)n2c1nc1ccccc12. The number of carbonyl (C=O) groups is 2. The number of fused-ring (bicyclic) bond motifs is 3. The lowest BCUT2D eigenvalue weighted by atomic mass is 9.89. The maximum absolute atomic E-state index is 13.6. The summed E-state index contributed by atoms with van der Waals surface area (Å²) >= 11 is 0. The van der Waals surface area contributed by atoms with E-state index in [-0.39, 0.29) is 18.3 Å². The van der Waals surface area contributed by atoms with Gasteiger partial charge in [0.25, 0.3) is 0 Å². The maximum Gasteiger partial charge on any atom is 0.321 e. The van der Waals surface area contributed by atoms with Gasteiger partial charge in [-0.25, -0.2) is 4.98 Å². The smallest absolute Gasteiger partial charge is 0.321 e. The van der Waals surface area contributed by atoms with Gasteiger partial charge in [0.2, 0.25) is 11.9 Å². The fraction of sp³-hybridized carbons (Fsp3) is 0.375. The molecule has 3 aromatic rings. The molecule has 0 bridgehead atoms. The van der Waals surface area contributed by atoms with Crippen LogP contribution in [0.2, 0.25) is 0 Å². The van der Waals surface area contributed by atoms with Crippen LogP contribution in [0, 0.1) is 5.92 Å². The Morgan fingerprint density at radius 1 is 1.10 bits per heavy atom. The van der Waals surface area contributed by atoms with Crippen LogP contribution in [0.5, 0.6) is 5.75 Å². The average Bonchev–Trinajstić information content (AvgIpc) is 3.15. The highest BCUT2D eigenvalue weighted by molar-refractivity contribution is 6.08. The summed E-state index contributed by atoms with van der Waals surface area (Å²) in [6, 6.07) is 13.7. The van der Waals surface area contributed by atoms with Gasteiger partial charge in [-0.3, -0.25) is 14.5 Å². The normalized spacial score (nSPS) is 18.3. The van der Waals surface area contributed by atoms with Gasteiger partial charge >= 0.3 is 5.97 Å². The second kappa shape index (κ2) is 8.79. The quantitative estimate of drug-likeness (QED) is 0.353. The molecule has 0 spiro atoms. The molecule has 2 atom stereocenters. The second-order valence-corrected chi connectivity index (χ2v) is 7.73. The van der Waals surface area contributed by atoms with E-state index in [0.717, 1.165) is 35.9 Å². The molecule has 0 saturated heterocycles. The number of aromatic hydroxyl groups is 1. The van der Waals surface area contributed by atoms with E-state index in [1.165, 1.54) is 0 Å². The predicted octanol–water partition coefficient (Wildman–Crippen LogP) is 4.05. The van der Waals surface area contributed by atoms with Crippen molar-refractivity contribution in [2.24, 2.45) is 5.92 Å². The van der Waals surface area contributed by atoms with Gasteiger partial charge < -0.3 is 14.4 Å². The molecule has 1 aromatic heterocycles. The van der Waals surface area contributed by atoms with Gasteiger partial charge in [-0.05, 0) is 43.2 Å². The number of esters is 1. The van der Waals surface area contributed by atoms with Crippen LogP contribution in [0.3, 0.4) is 0 Å². The number of ether oxygens (including phenoxy) is 1. The van der Waals surface area contributed by atoms with Crippen LogP contribution in [-0.2, 0) is 14.3 Å². The highest BCUT2D eigenvalue weighted by Gasteiger charge is 2.47. The number of para-hydroxylation sites is 2. The first-order chi connectivity index (χ1) is 15.1. The number of phenolic OH excluding ortho intramolecular Hbond substituents is 1. The van der Waals surface area contributed by atoms with Gasteiger partial charge in [0.1, 0.15) is 5.75 Å². The molecule has 0 saturated carbocycles. The van der Waals surface area contributed by atoms with E-state index in [9.17, 15) is 14.7 Å². The molecule has 7 nitrogen and oxygen atoms in total. The predicted molar refractivity (Wildman–Crippen MR) is 118 cm³/mol. The van der Waals surface area contributed by atoms with Gasteiger partial charge in [0.05, 0.1) is 23.7 Å². The number of rotatable bonds is 7. The van der Waals surface area contributed by atoms with E-state index in [0.29, 0.717) is 12.5 Å². The summed E-state index contributed by atoms with van der Waals surface area (Å²) in [6.45, 7) is 4.53. The van der Waals surface area contributed by atoms with Crippen molar-refractivity contribution in [3.05, 3.63) is 54.1 Å². The summed E-state index contributed by atoms with van der Waals surface area (Å²) in [5.41, 5.74) is 2.35. The Balaban J connectivity index is 1.93. The molecular formula is C24H27N3O4. The number of amides is 1. The standard InChI is InChI=1S/C24H27N3O4/c1-3-5-8-15-26-22(29)20(23(30)31-4-2)21(16-11-13-17(28)14-12-16)27-19-10-7-6-9-18(19)25-24(26)27/h6-7,9-14,20-21,28H,3-5,8,15H2,1-2H3. The van der Waals surface area contributed by atoms with E-state index in [2.05, 4.69) is 6.92 Å². The number of unbranched alkanes of at least 4 members (excludes halogenated alkanes) is 2. The van der Waals surface area contributed by atoms with Gasteiger partial charge in [-0.2, -0.15) is 0 Å². The highest BCUT2D eigenvalue weighted by Crippen LogP contribution is 2.41. The van der Waals surface area contributed by atoms with E-state index in [1.54, 1.807) is 36.1 Å². The van der Waals surface area contributed by atoms with E-state index < -0.39 is 17.9 Å². The van der Waals surface area contributed by atoms with Crippen LogP contribution >= 0.6 is 0 Å². The first-order valence-electron chi connectivity index (χ1n) is 10.8. The average molecular weight is 421 g/mol. The van der Waals surface area contributed by atoms with E-state index in [4.69, 9.17) is 9.72 Å². The molecular weight excluding hydrogens is 394 g/mol. The summed E-state index contributed by atoms with van der Waals surface area (Å²) in [5, 5.41) is 9.77. The van der Waals surface area contributed by atoms with Crippen molar-refractivity contribution in [1.29, 1.82) is 0 Å². The first-order valence-corrected chi connectivity index (χ1v) is 10.8. The lowest BCUT2D eigenvalue weighted by molar-refractivity contribution is -0.153. The minimum atomic E-state index is -1.03. The molecule has 1 aliphatic rings. The van der Waals surface area contributed by atoms with E-state index >= 15 is 0 Å². The van der Waals surface area contributed by atoms with Crippen molar-refractivity contribution in [1.82, 2.24) is 9.55 Å². The Labute approximate surface area is 181 Å². The number of benzene rings is 2. The number of carbonyl (C=O) groups excluding carboxylic acids is 2. The number of phenols is 1. The van der Waals surface area contributed by atoms with Crippen LogP contribution in [-0.4, -0.2) is 39.7 Å². The Kier molecular flexibility index (Phi) is 5.93. The molecule has 4 rings (SSSR count). The van der Waals surface area contributed by atoms with Crippen LogP contribution in [0.25, 0.3) is 11.0 Å². The van der Waals surface area contributed by atoms with Crippen LogP contribution in [0.1, 0.15) is 44.7 Å². The topological polar surface area (TPSA) is 84.7 Å². The van der Waals surface area contributed by atoms with Crippen molar-refractivity contribution in [3.8, 4) is 5.75 Å². The zero-order valence-electron chi connectivity index (χ0n) is 17.8. The number of anilines is 1. The molecule has 1 amide bonds. The van der Waals surface area contributed by atoms with Crippen molar-refractivity contribution < 1.29 is 19.4 Å². The van der Waals surface area contributed by atoms with Gasteiger partial charge in [0, 0.05) is 6.54 Å². The van der Waals surface area contributed by atoms with Crippen LogP contribution < -0.4 is 4.90 Å². The molecule has 2 aromatic carbocycles. The molecule has 0 fully saturated rings. The number of hydrogen-bond acceptors (Lipinski definition) is 5. The first kappa shape index (κ1) is 20.9. The van der Waals surface area contributed by atoms with Gasteiger partial charge in [-0.1, -0.05) is 44.0 Å². The van der Waals surface area contributed by atoms with Crippen molar-refractivity contribution in [3.63, 3.8) is 0 Å². The minimum Gasteiger partial charge on any atom is -0.508 e. The molecule has 1 N–H and O–H groups in total. The lowest BCUT2D eigenvalue weighted by Gasteiger charge is -2.38. The number of hydrogen-bond donors (Lipinski definition) is 1. The molecule has 162 valence electrons. The Bertz CT molecular complexity index is 1090. The van der Waals surface area contributed by atoms with E-state index in [1.807, 2.05) is 28.8 Å². The summed E-state index contributed by atoms with van der Waals surface area (Å²) < 4.78 is 7.30. The fourth-order valence-electron chi connectivity index (χ4n) is 4.25. The summed E-state index contributed by atoms with van der Waals surface area (Å²) in [7, 11) is 0. The zero-order valence-corrected chi connectivity index (χ0v) is 17.8. The van der Waals surface area contributed by atoms with Gasteiger partial charge in [0.15, 0.2) is 5.92 Å². The summed E-state index contributed by atoms with van der Waals surface area (Å²) in [4.78, 5) is 33.1. The Hall–Kier alpha value is -3.35. The Morgan fingerprint density at radius 3 is 2.55 bits per heavy atom. The molecule has 2 heterocycles. The number of aromatic nitrogens is 2. The lowest BCUT2D eigenvalue weighted by Crippen LogP contribution is -2.50. The summed E-state index contributed by atoms with van der Waals surface area (Å²) in [5.74, 6) is -1.21. The molecule has 1 aliphatic heterocycles. The summed E-state index contributed by atoms with van der Waals surface area (Å²) in [6.07, 6.45) is 2.83. The van der Waals surface area contributed by atoms with Crippen molar-refractivity contribution in [2.45, 2.75) is 39.2 Å². The Morgan fingerprint density at radius 2 is 1.84 bits per heavy atom. The zero-order chi connectivity index (χ0) is 22.0. The molecule has 0 aliphatic carbocycles. The molecule has 31 heavy (non-hydrogen) atoms. The molecule has 7 heteroatoms. The third-order valence-electron chi connectivity index (χ3n) is 5.71. The van der Waals surface area contributed by atoms with Crippen molar-refractivity contribution in [2.75, 3.05) is 18.1 Å². The largest absolute Gasteiger partial charge is 0.508 e. The highest BCUT2D eigenvalue weighted by atomic mass is 16.5. The third kappa shape index (κ3) is 3.76. The van der Waals surface area contributed by atoms with Crippen LogP contribution in [0.4, 0.5) is 5.95 Å². The van der Waals surface area contributed by atoms with Gasteiger partial charge in [-0.15, -0.1) is 0 Å². The molecule has 2 unspecified atom stereocenters. The fourth-order valence-corrected chi connectivity index (χ4v) is 4.25. The maximum atomic E-state index is 13.6. The van der Waals surface area contributed by atoms with Crippen molar-refractivity contribution >= 4 is 28.9 Å². The third-order valence-corrected chi connectivity index (χ3v) is 5.71. The second-order valence-electron chi connectivity index (χ2n) is 7.73. The minimum absolute atomic E-state index is 0.121.